The molecule has 0 aliphatic carbocycles. The second-order valence-corrected chi connectivity index (χ2v) is 4.19. The Morgan fingerprint density at radius 2 is 1.93 bits per heavy atom. The summed E-state index contributed by atoms with van der Waals surface area (Å²) in [5.74, 6) is 0. The molecule has 0 amide bonds. The van der Waals surface area contributed by atoms with E-state index in [1.54, 1.807) is 0 Å². The molecule has 0 N–H and O–H groups in total. The van der Waals surface area contributed by atoms with Crippen LogP contribution in [0.15, 0.2) is 0 Å². The van der Waals surface area contributed by atoms with Crippen LogP contribution in [0.25, 0.3) is 0 Å². The van der Waals surface area contributed by atoms with Gasteiger partial charge in [0.05, 0.1) is 24.7 Å². The Morgan fingerprint density at radius 1 is 1.20 bits per heavy atom. The van der Waals surface area contributed by atoms with Crippen molar-refractivity contribution in [2.45, 2.75) is 77.9 Å². The van der Waals surface area contributed by atoms with Crippen LogP contribution < -0.4 is 0 Å². The van der Waals surface area contributed by atoms with Crippen LogP contribution in [0.2, 0.25) is 0 Å². The van der Waals surface area contributed by atoms with Crippen molar-refractivity contribution in [3.05, 3.63) is 0 Å². The molecule has 2 unspecified atom stereocenters. The van der Waals surface area contributed by atoms with Crippen molar-refractivity contribution >= 4 is 0 Å². The summed E-state index contributed by atoms with van der Waals surface area (Å²) in [4.78, 5) is 0. The van der Waals surface area contributed by atoms with Gasteiger partial charge in [0.25, 0.3) is 0 Å². The smallest absolute Gasteiger partial charge is 0.0705 e. The average molecular weight is 211 g/mol. The normalized spacial score (nSPS) is 14.5. The molecule has 0 fully saturated rings. The minimum Gasteiger partial charge on any atom is -0.374 e. The molecule has 0 aliphatic heterocycles. The Bertz CT molecular complexity index is 174. The molecule has 0 rings (SSSR count). The zero-order chi connectivity index (χ0) is 11.5. The van der Waals surface area contributed by atoms with Gasteiger partial charge in [0, 0.05) is 0 Å². The summed E-state index contributed by atoms with van der Waals surface area (Å²) in [7, 11) is 0. The van der Waals surface area contributed by atoms with Gasteiger partial charge in [-0.15, -0.1) is 0 Å². The standard InChI is InChI=1S/C13H25NO/c1-4-6-7-8-9-12(3)15-13(5-2)10-11-14/h12-13H,4-10H2,1-3H3. The third-order valence-corrected chi connectivity index (χ3v) is 2.66. The van der Waals surface area contributed by atoms with Gasteiger partial charge in [0.15, 0.2) is 0 Å². The van der Waals surface area contributed by atoms with E-state index in [1.165, 1.54) is 25.7 Å². The van der Waals surface area contributed by atoms with Crippen molar-refractivity contribution < 1.29 is 4.74 Å². The minimum atomic E-state index is 0.135. The van der Waals surface area contributed by atoms with Crippen LogP contribution >= 0.6 is 0 Å². The maximum absolute atomic E-state index is 8.60. The summed E-state index contributed by atoms with van der Waals surface area (Å²) in [5.41, 5.74) is 0. The van der Waals surface area contributed by atoms with E-state index in [9.17, 15) is 0 Å². The van der Waals surface area contributed by atoms with E-state index in [2.05, 4.69) is 26.8 Å². The van der Waals surface area contributed by atoms with Crippen LogP contribution in [0.1, 0.15) is 65.7 Å². The van der Waals surface area contributed by atoms with Gasteiger partial charge in [-0.25, -0.2) is 0 Å². The monoisotopic (exact) mass is 211 g/mol. The van der Waals surface area contributed by atoms with Crippen molar-refractivity contribution in [1.29, 1.82) is 5.26 Å². The number of rotatable bonds is 9. The summed E-state index contributed by atoms with van der Waals surface area (Å²) in [6.07, 6.45) is 8.18. The molecule has 0 bridgehead atoms. The number of ether oxygens (including phenoxy) is 1. The Morgan fingerprint density at radius 3 is 2.47 bits per heavy atom. The predicted molar refractivity (Wildman–Crippen MR) is 63.6 cm³/mol. The molecule has 0 aromatic heterocycles. The molecule has 0 aromatic carbocycles. The molecule has 0 heterocycles. The quantitative estimate of drug-likeness (QED) is 0.539. The lowest BCUT2D eigenvalue weighted by atomic mass is 10.1. The summed E-state index contributed by atoms with van der Waals surface area (Å²) < 4.78 is 5.80. The summed E-state index contributed by atoms with van der Waals surface area (Å²) in [6.45, 7) is 6.41. The van der Waals surface area contributed by atoms with Gasteiger partial charge in [-0.1, -0.05) is 39.5 Å². The van der Waals surface area contributed by atoms with E-state index in [0.29, 0.717) is 12.5 Å². The minimum absolute atomic E-state index is 0.135. The average Bonchev–Trinajstić information content (AvgIpc) is 2.24. The van der Waals surface area contributed by atoms with E-state index < -0.39 is 0 Å². The van der Waals surface area contributed by atoms with Crippen LogP contribution in [0.4, 0.5) is 0 Å². The number of hydrogen-bond acceptors (Lipinski definition) is 2. The van der Waals surface area contributed by atoms with Crippen molar-refractivity contribution in [3.63, 3.8) is 0 Å². The molecular weight excluding hydrogens is 186 g/mol. The predicted octanol–water partition coefficient (Wildman–Crippen LogP) is 4.05. The molecule has 0 spiro atoms. The van der Waals surface area contributed by atoms with Crippen molar-refractivity contribution in [2.24, 2.45) is 0 Å². The first kappa shape index (κ1) is 14.5. The van der Waals surface area contributed by atoms with Gasteiger partial charge in [-0.05, 0) is 19.8 Å². The Kier molecular flexibility index (Phi) is 9.62. The first-order valence-electron chi connectivity index (χ1n) is 6.26. The summed E-state index contributed by atoms with van der Waals surface area (Å²) in [5, 5.41) is 8.60. The van der Waals surface area contributed by atoms with Crippen molar-refractivity contribution in [3.8, 4) is 6.07 Å². The first-order valence-corrected chi connectivity index (χ1v) is 6.26. The van der Waals surface area contributed by atoms with Crippen LogP contribution in [0.5, 0.6) is 0 Å². The number of nitrogens with zero attached hydrogens (tertiary/aromatic N) is 1. The highest BCUT2D eigenvalue weighted by atomic mass is 16.5. The Labute approximate surface area is 94.6 Å². The maximum Gasteiger partial charge on any atom is 0.0705 e. The molecule has 0 aliphatic rings. The molecule has 0 saturated heterocycles. The molecule has 2 heteroatoms. The van der Waals surface area contributed by atoms with Gasteiger partial charge in [0.1, 0.15) is 0 Å². The molecule has 2 nitrogen and oxygen atoms in total. The van der Waals surface area contributed by atoms with Gasteiger partial charge in [-0.3, -0.25) is 0 Å². The van der Waals surface area contributed by atoms with Gasteiger partial charge in [-0.2, -0.15) is 5.26 Å². The SMILES string of the molecule is CCCCCCC(C)OC(CC)CC#N. The number of unbranched alkanes of at least 4 members (excludes halogenated alkanes) is 3. The van der Waals surface area contributed by atoms with E-state index in [4.69, 9.17) is 10.00 Å². The van der Waals surface area contributed by atoms with E-state index in [0.717, 1.165) is 12.8 Å². The zero-order valence-electron chi connectivity index (χ0n) is 10.5. The third kappa shape index (κ3) is 8.44. The molecule has 88 valence electrons. The molecule has 2 atom stereocenters. The number of hydrogen-bond donors (Lipinski definition) is 0. The summed E-state index contributed by atoms with van der Waals surface area (Å²) >= 11 is 0. The second-order valence-electron chi connectivity index (χ2n) is 4.19. The molecular formula is C13H25NO. The highest BCUT2D eigenvalue weighted by Crippen LogP contribution is 2.12. The fourth-order valence-electron chi connectivity index (χ4n) is 1.65. The lowest BCUT2D eigenvalue weighted by Crippen LogP contribution is -2.18. The second kappa shape index (κ2) is 9.98. The molecule has 15 heavy (non-hydrogen) atoms. The molecule has 0 radical (unpaired) electrons. The Hall–Kier alpha value is -0.550. The number of nitriles is 1. The fourth-order valence-corrected chi connectivity index (χ4v) is 1.65. The van der Waals surface area contributed by atoms with Crippen LogP contribution in [-0.2, 0) is 4.74 Å². The molecule has 0 aromatic rings. The largest absolute Gasteiger partial charge is 0.374 e. The van der Waals surface area contributed by atoms with E-state index in [1.807, 2.05) is 0 Å². The van der Waals surface area contributed by atoms with Gasteiger partial charge >= 0.3 is 0 Å². The molecule has 0 saturated carbocycles. The zero-order valence-corrected chi connectivity index (χ0v) is 10.5. The highest BCUT2D eigenvalue weighted by Gasteiger charge is 2.10. The van der Waals surface area contributed by atoms with Crippen molar-refractivity contribution in [1.82, 2.24) is 0 Å². The Balaban J connectivity index is 3.53. The van der Waals surface area contributed by atoms with E-state index in [-0.39, 0.29) is 6.10 Å². The lowest BCUT2D eigenvalue weighted by molar-refractivity contribution is -0.00629. The first-order chi connectivity index (χ1) is 7.24. The van der Waals surface area contributed by atoms with Crippen LogP contribution in [0.3, 0.4) is 0 Å². The van der Waals surface area contributed by atoms with Gasteiger partial charge in [0.2, 0.25) is 0 Å². The van der Waals surface area contributed by atoms with Crippen molar-refractivity contribution in [2.75, 3.05) is 0 Å². The van der Waals surface area contributed by atoms with E-state index >= 15 is 0 Å². The highest BCUT2D eigenvalue weighted by molar-refractivity contribution is 4.76. The van der Waals surface area contributed by atoms with Crippen LogP contribution in [-0.4, -0.2) is 12.2 Å². The fraction of sp³-hybridized carbons (Fsp3) is 0.923. The third-order valence-electron chi connectivity index (χ3n) is 2.66. The van der Waals surface area contributed by atoms with Crippen LogP contribution in [0, 0.1) is 11.3 Å². The van der Waals surface area contributed by atoms with Gasteiger partial charge < -0.3 is 4.74 Å². The maximum atomic E-state index is 8.60. The topological polar surface area (TPSA) is 33.0 Å². The summed E-state index contributed by atoms with van der Waals surface area (Å²) in [6, 6.07) is 2.18. The lowest BCUT2D eigenvalue weighted by Gasteiger charge is -2.19.